The summed E-state index contributed by atoms with van der Waals surface area (Å²) in [6.07, 6.45) is 3.19. The maximum atomic E-state index is 12.0. The minimum absolute atomic E-state index is 0.113. The Labute approximate surface area is 127 Å². The molecule has 0 saturated carbocycles. The Morgan fingerprint density at radius 2 is 2.10 bits per heavy atom. The van der Waals surface area contributed by atoms with Crippen molar-refractivity contribution < 1.29 is 4.79 Å². The molecule has 2 heterocycles. The van der Waals surface area contributed by atoms with E-state index in [0.29, 0.717) is 5.69 Å². The lowest BCUT2D eigenvalue weighted by Gasteiger charge is -2.29. The first-order valence-electron chi connectivity index (χ1n) is 7.91. The fourth-order valence-electron chi connectivity index (χ4n) is 2.87. The summed E-state index contributed by atoms with van der Waals surface area (Å²) in [7, 11) is 1.65. The van der Waals surface area contributed by atoms with E-state index in [1.165, 1.54) is 11.3 Å². The molecule has 0 spiro atoms. The van der Waals surface area contributed by atoms with Crippen molar-refractivity contribution in [1.29, 1.82) is 0 Å². The van der Waals surface area contributed by atoms with Gasteiger partial charge in [-0.05, 0) is 37.4 Å². The Kier molecular flexibility index (Phi) is 5.56. The van der Waals surface area contributed by atoms with Crippen molar-refractivity contribution >= 4 is 11.6 Å². The predicted octanol–water partition coefficient (Wildman–Crippen LogP) is 1.71. The number of pyridine rings is 1. The van der Waals surface area contributed by atoms with E-state index in [2.05, 4.69) is 34.4 Å². The molecule has 2 N–H and O–H groups in total. The van der Waals surface area contributed by atoms with Gasteiger partial charge >= 0.3 is 0 Å². The molecule has 1 aliphatic rings. The van der Waals surface area contributed by atoms with Crippen LogP contribution in [0.5, 0.6) is 0 Å². The Balaban J connectivity index is 2.47. The Morgan fingerprint density at radius 3 is 2.71 bits per heavy atom. The van der Waals surface area contributed by atoms with Crippen LogP contribution in [0.25, 0.3) is 0 Å². The summed E-state index contributed by atoms with van der Waals surface area (Å²) in [6, 6.07) is 1.97. The number of fused-ring (bicyclic) bond motifs is 1. The molecule has 5 nitrogen and oxygen atoms in total. The standard InChI is InChI=1S/C16H26N4O/c1-4-8-20(9-5-2)15-10-13(16(21)17-3)19-14-11-18-7-6-12(14)15/h10,18H,4-9,11H2,1-3H3,(H,17,21). The first-order valence-corrected chi connectivity index (χ1v) is 7.91. The van der Waals surface area contributed by atoms with Gasteiger partial charge in [0.1, 0.15) is 5.69 Å². The number of nitrogens with zero attached hydrogens (tertiary/aromatic N) is 2. The van der Waals surface area contributed by atoms with Crippen LogP contribution in [0.4, 0.5) is 5.69 Å². The van der Waals surface area contributed by atoms with Crippen molar-refractivity contribution in [2.24, 2.45) is 0 Å². The molecule has 0 fully saturated rings. The average Bonchev–Trinajstić information content (AvgIpc) is 2.53. The van der Waals surface area contributed by atoms with Gasteiger partial charge in [0.05, 0.1) is 5.69 Å². The van der Waals surface area contributed by atoms with Crippen LogP contribution in [0, 0.1) is 0 Å². The fourth-order valence-corrected chi connectivity index (χ4v) is 2.87. The minimum Gasteiger partial charge on any atom is -0.371 e. The molecule has 1 aliphatic heterocycles. The largest absolute Gasteiger partial charge is 0.371 e. The van der Waals surface area contributed by atoms with Crippen molar-refractivity contribution in [3.63, 3.8) is 0 Å². The highest BCUT2D eigenvalue weighted by Gasteiger charge is 2.21. The number of nitrogens with one attached hydrogen (secondary N) is 2. The minimum atomic E-state index is -0.113. The first-order chi connectivity index (χ1) is 10.2. The van der Waals surface area contributed by atoms with Crippen LogP contribution in [0.15, 0.2) is 6.07 Å². The van der Waals surface area contributed by atoms with Crippen molar-refractivity contribution in [3.8, 4) is 0 Å². The molecule has 1 aromatic rings. The second kappa shape index (κ2) is 7.41. The summed E-state index contributed by atoms with van der Waals surface area (Å²) in [4.78, 5) is 18.9. The zero-order valence-electron chi connectivity index (χ0n) is 13.3. The van der Waals surface area contributed by atoms with E-state index < -0.39 is 0 Å². The van der Waals surface area contributed by atoms with Crippen LogP contribution >= 0.6 is 0 Å². The van der Waals surface area contributed by atoms with Crippen LogP contribution in [0.2, 0.25) is 0 Å². The topological polar surface area (TPSA) is 57.3 Å². The normalized spacial score (nSPS) is 13.7. The van der Waals surface area contributed by atoms with E-state index in [4.69, 9.17) is 0 Å². The van der Waals surface area contributed by atoms with Crippen molar-refractivity contribution in [3.05, 3.63) is 23.0 Å². The Morgan fingerprint density at radius 1 is 1.38 bits per heavy atom. The smallest absolute Gasteiger partial charge is 0.269 e. The van der Waals surface area contributed by atoms with Crippen molar-refractivity contribution in [2.75, 3.05) is 31.6 Å². The van der Waals surface area contributed by atoms with Crippen LogP contribution in [-0.2, 0) is 13.0 Å². The van der Waals surface area contributed by atoms with E-state index in [9.17, 15) is 4.79 Å². The molecule has 1 amide bonds. The lowest BCUT2D eigenvalue weighted by Crippen LogP contribution is -2.32. The third kappa shape index (κ3) is 3.53. The molecule has 0 radical (unpaired) electrons. The predicted molar refractivity (Wildman–Crippen MR) is 85.8 cm³/mol. The highest BCUT2D eigenvalue weighted by molar-refractivity contribution is 5.93. The Hall–Kier alpha value is -1.62. The Bertz CT molecular complexity index is 495. The SMILES string of the molecule is CCCN(CCC)c1cc(C(=O)NC)nc2c1CCNC2. The summed E-state index contributed by atoms with van der Waals surface area (Å²) in [5.74, 6) is -0.113. The van der Waals surface area contributed by atoms with Gasteiger partial charge in [-0.25, -0.2) is 4.98 Å². The number of carbonyl (C=O) groups excluding carboxylic acids is 1. The van der Waals surface area contributed by atoms with E-state index in [0.717, 1.165) is 51.1 Å². The van der Waals surface area contributed by atoms with Crippen LogP contribution in [0.1, 0.15) is 48.4 Å². The van der Waals surface area contributed by atoms with E-state index in [1.54, 1.807) is 7.05 Å². The second-order valence-corrected chi connectivity index (χ2v) is 5.44. The van der Waals surface area contributed by atoms with Crippen molar-refractivity contribution in [1.82, 2.24) is 15.6 Å². The van der Waals surface area contributed by atoms with E-state index >= 15 is 0 Å². The maximum Gasteiger partial charge on any atom is 0.269 e. The number of hydrogen-bond donors (Lipinski definition) is 2. The molecule has 1 aromatic heterocycles. The summed E-state index contributed by atoms with van der Waals surface area (Å²) >= 11 is 0. The molecular formula is C16H26N4O. The first kappa shape index (κ1) is 15.8. The molecule has 0 saturated heterocycles. The number of carbonyl (C=O) groups is 1. The zero-order chi connectivity index (χ0) is 15.2. The highest BCUT2D eigenvalue weighted by atomic mass is 16.1. The molecule has 5 heteroatoms. The fraction of sp³-hybridized carbons (Fsp3) is 0.625. The molecule has 0 atom stereocenters. The summed E-state index contributed by atoms with van der Waals surface area (Å²) in [5, 5.41) is 6.02. The van der Waals surface area contributed by atoms with Gasteiger partial charge in [-0.15, -0.1) is 0 Å². The summed E-state index contributed by atoms with van der Waals surface area (Å²) in [5.41, 5.74) is 4.05. The number of anilines is 1. The number of amides is 1. The van der Waals surface area contributed by atoms with Gasteiger partial charge in [-0.1, -0.05) is 13.8 Å². The quantitative estimate of drug-likeness (QED) is 0.837. The lowest BCUT2D eigenvalue weighted by molar-refractivity contribution is 0.0958. The molecular weight excluding hydrogens is 264 g/mol. The third-order valence-electron chi connectivity index (χ3n) is 3.82. The van der Waals surface area contributed by atoms with Crippen LogP contribution in [-0.4, -0.2) is 37.6 Å². The monoisotopic (exact) mass is 290 g/mol. The second-order valence-electron chi connectivity index (χ2n) is 5.44. The van der Waals surface area contributed by atoms with Crippen LogP contribution < -0.4 is 15.5 Å². The van der Waals surface area contributed by atoms with Gasteiger partial charge in [0.15, 0.2) is 0 Å². The van der Waals surface area contributed by atoms with Crippen LogP contribution in [0.3, 0.4) is 0 Å². The van der Waals surface area contributed by atoms with Gasteiger partial charge in [0.25, 0.3) is 5.91 Å². The molecule has 0 aromatic carbocycles. The maximum absolute atomic E-state index is 12.0. The molecule has 0 unspecified atom stereocenters. The number of aromatic nitrogens is 1. The molecule has 116 valence electrons. The van der Waals surface area contributed by atoms with E-state index in [-0.39, 0.29) is 5.91 Å². The van der Waals surface area contributed by atoms with Crippen molar-refractivity contribution in [2.45, 2.75) is 39.7 Å². The lowest BCUT2D eigenvalue weighted by atomic mass is 10.0. The highest BCUT2D eigenvalue weighted by Crippen LogP contribution is 2.27. The van der Waals surface area contributed by atoms with Gasteiger partial charge in [-0.3, -0.25) is 4.79 Å². The number of rotatable bonds is 6. The number of hydrogen-bond acceptors (Lipinski definition) is 4. The summed E-state index contributed by atoms with van der Waals surface area (Å²) in [6.45, 7) is 8.15. The zero-order valence-corrected chi connectivity index (χ0v) is 13.3. The van der Waals surface area contributed by atoms with Gasteiger partial charge < -0.3 is 15.5 Å². The van der Waals surface area contributed by atoms with Gasteiger partial charge in [0.2, 0.25) is 0 Å². The summed E-state index contributed by atoms with van der Waals surface area (Å²) < 4.78 is 0. The molecule has 0 aliphatic carbocycles. The van der Waals surface area contributed by atoms with E-state index in [1.807, 2.05) is 6.07 Å². The molecule has 21 heavy (non-hydrogen) atoms. The van der Waals surface area contributed by atoms with Gasteiger partial charge in [0, 0.05) is 32.4 Å². The molecule has 2 rings (SSSR count). The molecule has 0 bridgehead atoms. The third-order valence-corrected chi connectivity index (χ3v) is 3.82. The van der Waals surface area contributed by atoms with Gasteiger partial charge in [-0.2, -0.15) is 0 Å². The average molecular weight is 290 g/mol.